The second-order valence-corrected chi connectivity index (χ2v) is 7.32. The normalized spacial score (nSPS) is 13.8. The molecule has 1 fully saturated rings. The Bertz CT molecular complexity index is 1070. The second kappa shape index (κ2) is 7.69. The summed E-state index contributed by atoms with van der Waals surface area (Å²) >= 11 is 6.25. The topological polar surface area (TPSA) is 87.5 Å². The van der Waals surface area contributed by atoms with E-state index in [0.717, 1.165) is 5.56 Å². The third kappa shape index (κ3) is 3.87. The van der Waals surface area contributed by atoms with Crippen molar-refractivity contribution in [1.82, 2.24) is 14.7 Å². The van der Waals surface area contributed by atoms with Crippen molar-refractivity contribution < 1.29 is 14.7 Å². The number of amides is 2. The van der Waals surface area contributed by atoms with E-state index in [0.29, 0.717) is 35.7 Å². The SMILES string of the molecule is Cn1nc(-c2ccccc2)cc1C(=O)Nc1ccc(C(=O)N2CC(O)C2)c(Cl)c1. The maximum absolute atomic E-state index is 12.7. The van der Waals surface area contributed by atoms with Gasteiger partial charge in [-0.1, -0.05) is 41.9 Å². The number of anilines is 1. The fraction of sp³-hybridized carbons (Fsp3) is 0.190. The summed E-state index contributed by atoms with van der Waals surface area (Å²) in [5.74, 6) is -0.569. The summed E-state index contributed by atoms with van der Waals surface area (Å²) in [6.07, 6.45) is -0.476. The Morgan fingerprint density at radius 3 is 2.52 bits per heavy atom. The molecule has 29 heavy (non-hydrogen) atoms. The third-order valence-corrected chi connectivity index (χ3v) is 5.10. The number of rotatable bonds is 4. The molecule has 1 aliphatic rings. The highest BCUT2D eigenvalue weighted by atomic mass is 35.5. The number of aliphatic hydroxyl groups excluding tert-OH is 1. The van der Waals surface area contributed by atoms with Crippen LogP contribution < -0.4 is 5.32 Å². The van der Waals surface area contributed by atoms with Gasteiger partial charge in [0, 0.05) is 31.4 Å². The van der Waals surface area contributed by atoms with Gasteiger partial charge in [-0.2, -0.15) is 5.10 Å². The molecular weight excluding hydrogens is 392 g/mol. The number of benzene rings is 2. The average Bonchev–Trinajstić information content (AvgIpc) is 3.08. The number of likely N-dealkylation sites (tertiary alicyclic amines) is 1. The smallest absolute Gasteiger partial charge is 0.273 e. The van der Waals surface area contributed by atoms with Gasteiger partial charge >= 0.3 is 0 Å². The monoisotopic (exact) mass is 410 g/mol. The Morgan fingerprint density at radius 1 is 1.14 bits per heavy atom. The van der Waals surface area contributed by atoms with Crippen LogP contribution in [0.3, 0.4) is 0 Å². The number of aromatic nitrogens is 2. The van der Waals surface area contributed by atoms with E-state index < -0.39 is 6.10 Å². The molecule has 3 aromatic rings. The second-order valence-electron chi connectivity index (χ2n) is 6.92. The van der Waals surface area contributed by atoms with E-state index in [1.807, 2.05) is 30.3 Å². The molecule has 1 aromatic heterocycles. The van der Waals surface area contributed by atoms with Crippen LogP contribution in [0.4, 0.5) is 5.69 Å². The molecule has 0 saturated carbocycles. The number of β-amino-alcohol motifs (C(OH)–C–C–N with tert-alkyl or cyclic N) is 1. The van der Waals surface area contributed by atoms with Gasteiger partial charge in [-0.3, -0.25) is 14.3 Å². The van der Waals surface area contributed by atoms with Gasteiger partial charge in [0.2, 0.25) is 0 Å². The third-order valence-electron chi connectivity index (χ3n) is 4.79. The zero-order valence-corrected chi connectivity index (χ0v) is 16.4. The average molecular weight is 411 g/mol. The molecule has 7 nitrogen and oxygen atoms in total. The molecule has 4 rings (SSSR count). The molecule has 148 valence electrons. The quantitative estimate of drug-likeness (QED) is 0.692. The first-order valence-electron chi connectivity index (χ1n) is 9.10. The highest BCUT2D eigenvalue weighted by molar-refractivity contribution is 6.34. The van der Waals surface area contributed by atoms with E-state index in [1.165, 1.54) is 15.6 Å². The molecule has 8 heteroatoms. The maximum atomic E-state index is 12.7. The van der Waals surface area contributed by atoms with E-state index in [1.54, 1.807) is 25.2 Å². The number of hydrogen-bond donors (Lipinski definition) is 2. The first-order valence-corrected chi connectivity index (χ1v) is 9.48. The van der Waals surface area contributed by atoms with Crippen molar-refractivity contribution in [3.05, 3.63) is 70.9 Å². The lowest BCUT2D eigenvalue weighted by Crippen LogP contribution is -2.53. The zero-order valence-electron chi connectivity index (χ0n) is 15.7. The highest BCUT2D eigenvalue weighted by Gasteiger charge is 2.30. The van der Waals surface area contributed by atoms with Gasteiger partial charge in [0.15, 0.2) is 0 Å². The molecular formula is C21H19ClN4O3. The van der Waals surface area contributed by atoms with Crippen LogP contribution in [0.15, 0.2) is 54.6 Å². The van der Waals surface area contributed by atoms with Crippen LogP contribution in [-0.2, 0) is 7.05 Å². The largest absolute Gasteiger partial charge is 0.389 e. The van der Waals surface area contributed by atoms with E-state index >= 15 is 0 Å². The summed E-state index contributed by atoms with van der Waals surface area (Å²) in [5.41, 5.74) is 2.83. The van der Waals surface area contributed by atoms with Crippen molar-refractivity contribution in [2.45, 2.75) is 6.10 Å². The van der Waals surface area contributed by atoms with E-state index in [4.69, 9.17) is 11.6 Å². The highest BCUT2D eigenvalue weighted by Crippen LogP contribution is 2.25. The number of aliphatic hydroxyl groups is 1. The van der Waals surface area contributed by atoms with Crippen LogP contribution in [0.5, 0.6) is 0 Å². The number of hydrogen-bond acceptors (Lipinski definition) is 4. The molecule has 0 spiro atoms. The lowest BCUT2D eigenvalue weighted by atomic mass is 10.1. The summed E-state index contributed by atoms with van der Waals surface area (Å²) in [5, 5.41) is 16.8. The first kappa shape index (κ1) is 19.2. The number of carbonyl (C=O) groups is 2. The zero-order chi connectivity index (χ0) is 20.5. The summed E-state index contributed by atoms with van der Waals surface area (Å²) < 4.78 is 1.52. The Labute approximate surface area is 172 Å². The summed E-state index contributed by atoms with van der Waals surface area (Å²) in [6, 6.07) is 16.1. The molecule has 1 aliphatic heterocycles. The summed E-state index contributed by atoms with van der Waals surface area (Å²) in [7, 11) is 1.71. The van der Waals surface area contributed by atoms with Crippen molar-refractivity contribution in [2.75, 3.05) is 18.4 Å². The molecule has 0 aliphatic carbocycles. The number of carbonyl (C=O) groups excluding carboxylic acids is 2. The van der Waals surface area contributed by atoms with Gasteiger partial charge in [-0.05, 0) is 24.3 Å². The lowest BCUT2D eigenvalue weighted by Gasteiger charge is -2.36. The van der Waals surface area contributed by atoms with Gasteiger partial charge < -0.3 is 15.3 Å². The molecule has 0 atom stereocenters. The number of aryl methyl sites for hydroxylation is 1. The van der Waals surface area contributed by atoms with Crippen molar-refractivity contribution in [2.24, 2.45) is 7.05 Å². The Kier molecular flexibility index (Phi) is 5.08. The number of halogens is 1. The van der Waals surface area contributed by atoms with Crippen molar-refractivity contribution in [3.63, 3.8) is 0 Å². The Morgan fingerprint density at radius 2 is 1.86 bits per heavy atom. The summed E-state index contributed by atoms with van der Waals surface area (Å²) in [4.78, 5) is 26.6. The first-order chi connectivity index (χ1) is 13.9. The fourth-order valence-corrected chi connectivity index (χ4v) is 3.44. The minimum absolute atomic E-state index is 0.239. The van der Waals surface area contributed by atoms with Crippen LogP contribution in [0.2, 0.25) is 5.02 Å². The van der Waals surface area contributed by atoms with Crippen LogP contribution >= 0.6 is 11.6 Å². The number of nitrogens with zero attached hydrogens (tertiary/aromatic N) is 3. The molecule has 0 bridgehead atoms. The maximum Gasteiger partial charge on any atom is 0.273 e. The molecule has 2 amide bonds. The van der Waals surface area contributed by atoms with E-state index in [2.05, 4.69) is 10.4 Å². The lowest BCUT2D eigenvalue weighted by molar-refractivity contribution is 0.00591. The van der Waals surface area contributed by atoms with Crippen molar-refractivity contribution >= 4 is 29.1 Å². The summed E-state index contributed by atoms with van der Waals surface area (Å²) in [6.45, 7) is 0.607. The molecule has 2 N–H and O–H groups in total. The minimum atomic E-state index is -0.476. The van der Waals surface area contributed by atoms with Gasteiger partial charge in [0.25, 0.3) is 11.8 Å². The predicted octanol–water partition coefficient (Wildman–Crippen LogP) is 2.81. The van der Waals surface area contributed by atoms with Crippen LogP contribution in [0.1, 0.15) is 20.8 Å². The molecule has 2 heterocycles. The van der Waals surface area contributed by atoms with Gasteiger partial charge in [0.1, 0.15) is 5.69 Å². The standard InChI is InChI=1S/C21H19ClN4O3/c1-25-19(10-18(24-25)13-5-3-2-4-6-13)20(28)23-14-7-8-16(17(22)9-14)21(29)26-11-15(27)12-26/h2-10,15,27H,11-12H2,1H3,(H,23,28). The van der Waals surface area contributed by atoms with Crippen LogP contribution in [-0.4, -0.2) is 50.8 Å². The van der Waals surface area contributed by atoms with Crippen LogP contribution in [0.25, 0.3) is 11.3 Å². The van der Waals surface area contributed by atoms with E-state index in [9.17, 15) is 14.7 Å². The molecule has 0 radical (unpaired) electrons. The van der Waals surface area contributed by atoms with Gasteiger partial charge in [-0.25, -0.2) is 0 Å². The minimum Gasteiger partial charge on any atom is -0.389 e. The Balaban J connectivity index is 1.50. The molecule has 0 unspecified atom stereocenters. The van der Waals surface area contributed by atoms with Crippen molar-refractivity contribution in [1.29, 1.82) is 0 Å². The van der Waals surface area contributed by atoms with Crippen LogP contribution in [0, 0.1) is 0 Å². The van der Waals surface area contributed by atoms with Gasteiger partial charge in [-0.15, -0.1) is 0 Å². The van der Waals surface area contributed by atoms with Crippen molar-refractivity contribution in [3.8, 4) is 11.3 Å². The Hall–Kier alpha value is -3.16. The fourth-order valence-electron chi connectivity index (χ4n) is 3.18. The predicted molar refractivity (Wildman–Crippen MR) is 110 cm³/mol. The molecule has 2 aromatic carbocycles. The molecule has 1 saturated heterocycles. The van der Waals surface area contributed by atoms with E-state index in [-0.39, 0.29) is 16.8 Å². The van der Waals surface area contributed by atoms with Gasteiger partial charge in [0.05, 0.1) is 22.4 Å². The number of nitrogens with one attached hydrogen (secondary N) is 1.